The standard InChI is InChI=1S/C24H25F3N4O2/c1-17-5-7-19(8-6-17)23-28-21(33-29-23)9-10-22(32)31-13-11-30(12-14-31)16-18-3-2-4-20(15-18)24(25,26)27/h2-8,15H,9-14,16H2,1H3. The van der Waals surface area contributed by atoms with Gasteiger partial charge in [-0.15, -0.1) is 0 Å². The molecule has 174 valence electrons. The highest BCUT2D eigenvalue weighted by Crippen LogP contribution is 2.29. The van der Waals surface area contributed by atoms with Gasteiger partial charge >= 0.3 is 6.18 Å². The van der Waals surface area contributed by atoms with Gasteiger partial charge in [-0.05, 0) is 18.6 Å². The monoisotopic (exact) mass is 458 g/mol. The molecule has 1 aliphatic rings. The molecule has 2 aromatic carbocycles. The number of halogens is 3. The van der Waals surface area contributed by atoms with Gasteiger partial charge in [0, 0.05) is 51.1 Å². The number of rotatable bonds is 6. The summed E-state index contributed by atoms with van der Waals surface area (Å²) in [5, 5.41) is 3.99. The second-order valence-electron chi connectivity index (χ2n) is 8.23. The third-order valence-corrected chi connectivity index (χ3v) is 5.72. The van der Waals surface area contributed by atoms with Crippen LogP contribution in [0.25, 0.3) is 11.4 Å². The highest BCUT2D eigenvalue weighted by molar-refractivity contribution is 5.76. The van der Waals surface area contributed by atoms with Crippen LogP contribution in [-0.2, 0) is 23.9 Å². The van der Waals surface area contributed by atoms with E-state index in [9.17, 15) is 18.0 Å². The molecule has 6 nitrogen and oxygen atoms in total. The van der Waals surface area contributed by atoms with E-state index in [1.165, 1.54) is 12.1 Å². The molecule has 1 aliphatic heterocycles. The van der Waals surface area contributed by atoms with Gasteiger partial charge in [-0.1, -0.05) is 53.2 Å². The van der Waals surface area contributed by atoms with Crippen LogP contribution in [0.2, 0.25) is 0 Å². The molecule has 33 heavy (non-hydrogen) atoms. The van der Waals surface area contributed by atoms with Crippen molar-refractivity contribution in [2.24, 2.45) is 0 Å². The summed E-state index contributed by atoms with van der Waals surface area (Å²) in [5.74, 6) is 0.923. The fourth-order valence-corrected chi connectivity index (χ4v) is 3.81. The zero-order chi connectivity index (χ0) is 23.4. The van der Waals surface area contributed by atoms with Crippen LogP contribution >= 0.6 is 0 Å². The Hall–Kier alpha value is -3.20. The summed E-state index contributed by atoms with van der Waals surface area (Å²) in [5.41, 5.74) is 1.98. The zero-order valence-electron chi connectivity index (χ0n) is 18.3. The topological polar surface area (TPSA) is 62.5 Å². The Morgan fingerprint density at radius 3 is 2.48 bits per heavy atom. The number of piperazine rings is 1. The van der Waals surface area contributed by atoms with E-state index in [1.807, 2.05) is 31.2 Å². The minimum absolute atomic E-state index is 0.00352. The van der Waals surface area contributed by atoms with E-state index in [-0.39, 0.29) is 12.3 Å². The first-order valence-electron chi connectivity index (χ1n) is 10.8. The molecule has 0 atom stereocenters. The van der Waals surface area contributed by atoms with Gasteiger partial charge in [-0.3, -0.25) is 9.69 Å². The maximum Gasteiger partial charge on any atom is 0.416 e. The van der Waals surface area contributed by atoms with E-state index in [2.05, 4.69) is 15.0 Å². The molecule has 1 fully saturated rings. The van der Waals surface area contributed by atoms with Gasteiger partial charge < -0.3 is 9.42 Å². The molecule has 2 heterocycles. The Kier molecular flexibility index (Phi) is 6.78. The first-order valence-corrected chi connectivity index (χ1v) is 10.8. The summed E-state index contributed by atoms with van der Waals surface area (Å²) in [4.78, 5) is 20.8. The molecule has 3 aromatic rings. The Morgan fingerprint density at radius 2 is 1.79 bits per heavy atom. The summed E-state index contributed by atoms with van der Waals surface area (Å²) in [6.07, 6.45) is -3.72. The number of carbonyl (C=O) groups is 1. The fourth-order valence-electron chi connectivity index (χ4n) is 3.81. The fraction of sp³-hybridized carbons (Fsp3) is 0.375. The molecule has 0 aliphatic carbocycles. The molecular weight excluding hydrogens is 433 g/mol. The van der Waals surface area contributed by atoms with Crippen molar-refractivity contribution in [2.75, 3.05) is 26.2 Å². The number of benzene rings is 2. The minimum Gasteiger partial charge on any atom is -0.340 e. The number of nitrogens with zero attached hydrogens (tertiary/aromatic N) is 4. The Balaban J connectivity index is 1.24. The Bertz CT molecular complexity index is 1090. The van der Waals surface area contributed by atoms with Gasteiger partial charge in [0.15, 0.2) is 0 Å². The minimum atomic E-state index is -4.35. The van der Waals surface area contributed by atoms with E-state index in [1.54, 1.807) is 11.0 Å². The van der Waals surface area contributed by atoms with E-state index in [4.69, 9.17) is 4.52 Å². The lowest BCUT2D eigenvalue weighted by Crippen LogP contribution is -2.48. The summed E-state index contributed by atoms with van der Waals surface area (Å²) in [6.45, 7) is 4.73. The molecule has 4 rings (SSSR count). The predicted molar refractivity (Wildman–Crippen MR) is 116 cm³/mol. The Morgan fingerprint density at radius 1 is 1.06 bits per heavy atom. The summed E-state index contributed by atoms with van der Waals surface area (Å²) < 4.78 is 44.0. The lowest BCUT2D eigenvalue weighted by Gasteiger charge is -2.34. The van der Waals surface area contributed by atoms with E-state index in [0.29, 0.717) is 56.4 Å². The smallest absolute Gasteiger partial charge is 0.340 e. The number of aromatic nitrogens is 2. The number of alkyl halides is 3. The molecule has 0 radical (unpaired) electrons. The van der Waals surface area contributed by atoms with Crippen molar-refractivity contribution in [3.8, 4) is 11.4 Å². The van der Waals surface area contributed by atoms with E-state index >= 15 is 0 Å². The predicted octanol–water partition coefficient (Wildman–Crippen LogP) is 4.34. The van der Waals surface area contributed by atoms with Crippen LogP contribution in [0.5, 0.6) is 0 Å². The molecule has 0 bridgehead atoms. The molecule has 1 aromatic heterocycles. The number of hydrogen-bond donors (Lipinski definition) is 0. The highest BCUT2D eigenvalue weighted by atomic mass is 19.4. The van der Waals surface area contributed by atoms with Crippen LogP contribution in [0.15, 0.2) is 53.1 Å². The number of hydrogen-bond acceptors (Lipinski definition) is 5. The maximum atomic E-state index is 12.9. The molecule has 0 N–H and O–H groups in total. The van der Waals surface area contributed by atoms with E-state index in [0.717, 1.165) is 17.2 Å². The number of amides is 1. The molecular formula is C24H25F3N4O2. The van der Waals surface area contributed by atoms with Gasteiger partial charge in [-0.25, -0.2) is 0 Å². The molecule has 0 spiro atoms. The quantitative estimate of drug-likeness (QED) is 0.550. The van der Waals surface area contributed by atoms with Gasteiger partial charge in [0.2, 0.25) is 17.6 Å². The first-order chi connectivity index (χ1) is 15.8. The molecule has 1 amide bonds. The van der Waals surface area contributed by atoms with Crippen LogP contribution < -0.4 is 0 Å². The SMILES string of the molecule is Cc1ccc(-c2noc(CCC(=O)N3CCN(Cc4cccc(C(F)(F)F)c4)CC3)n2)cc1. The van der Waals surface area contributed by atoms with Crippen LogP contribution in [-0.4, -0.2) is 52.0 Å². The lowest BCUT2D eigenvalue weighted by molar-refractivity contribution is -0.137. The van der Waals surface area contributed by atoms with Gasteiger partial charge in [-0.2, -0.15) is 18.2 Å². The summed E-state index contributed by atoms with van der Waals surface area (Å²) >= 11 is 0. The third-order valence-electron chi connectivity index (χ3n) is 5.72. The average molecular weight is 458 g/mol. The largest absolute Gasteiger partial charge is 0.416 e. The lowest BCUT2D eigenvalue weighted by atomic mass is 10.1. The van der Waals surface area contributed by atoms with Gasteiger partial charge in [0.25, 0.3) is 0 Å². The maximum absolute atomic E-state index is 12.9. The van der Waals surface area contributed by atoms with Crippen molar-refractivity contribution in [1.29, 1.82) is 0 Å². The number of aryl methyl sites for hydroxylation is 2. The van der Waals surface area contributed by atoms with Gasteiger partial charge in [0.05, 0.1) is 5.56 Å². The summed E-state index contributed by atoms with van der Waals surface area (Å²) in [7, 11) is 0. The van der Waals surface area contributed by atoms with Crippen LogP contribution in [0.1, 0.15) is 29.0 Å². The van der Waals surface area contributed by atoms with Crippen molar-refractivity contribution in [3.05, 3.63) is 71.1 Å². The van der Waals surface area contributed by atoms with Crippen molar-refractivity contribution in [3.63, 3.8) is 0 Å². The normalized spacial score (nSPS) is 15.1. The second-order valence-corrected chi connectivity index (χ2v) is 8.23. The van der Waals surface area contributed by atoms with Crippen molar-refractivity contribution in [1.82, 2.24) is 19.9 Å². The van der Waals surface area contributed by atoms with E-state index < -0.39 is 11.7 Å². The second kappa shape index (κ2) is 9.74. The molecule has 1 saturated heterocycles. The van der Waals surface area contributed by atoms with Crippen molar-refractivity contribution < 1.29 is 22.5 Å². The van der Waals surface area contributed by atoms with Crippen LogP contribution in [0.4, 0.5) is 13.2 Å². The first kappa shape index (κ1) is 23.0. The Labute approximate surface area is 190 Å². The van der Waals surface area contributed by atoms with Gasteiger partial charge in [0.1, 0.15) is 0 Å². The molecule has 0 saturated carbocycles. The third kappa shape index (κ3) is 5.98. The van der Waals surface area contributed by atoms with Crippen molar-refractivity contribution >= 4 is 5.91 Å². The highest BCUT2D eigenvalue weighted by Gasteiger charge is 2.30. The summed E-state index contributed by atoms with van der Waals surface area (Å²) in [6, 6.07) is 13.2. The average Bonchev–Trinajstić information content (AvgIpc) is 3.27. The number of carbonyl (C=O) groups excluding carboxylic acids is 1. The molecule has 0 unspecified atom stereocenters. The molecule has 9 heteroatoms. The zero-order valence-corrected chi connectivity index (χ0v) is 18.3. The van der Waals surface area contributed by atoms with Crippen LogP contribution in [0.3, 0.4) is 0 Å². The van der Waals surface area contributed by atoms with Crippen molar-refractivity contribution in [2.45, 2.75) is 32.5 Å². The van der Waals surface area contributed by atoms with Crippen LogP contribution in [0, 0.1) is 6.92 Å².